The van der Waals surface area contributed by atoms with E-state index >= 15 is 0 Å². The second kappa shape index (κ2) is 4.63. The minimum Gasteiger partial charge on any atom is -0.371 e. The lowest BCUT2D eigenvalue weighted by atomic mass is 10.2. The Morgan fingerprint density at radius 3 is 2.69 bits per heavy atom. The first kappa shape index (κ1) is 10.5. The van der Waals surface area contributed by atoms with Crippen molar-refractivity contribution in [2.75, 3.05) is 47.3 Å². The maximum atomic E-state index is 3.86. The fourth-order valence-electron chi connectivity index (χ4n) is 1.85. The number of rotatable bonds is 3. The highest BCUT2D eigenvalue weighted by atomic mass is 15.3. The molecular formula is C10H21N3. The number of likely N-dealkylation sites (N-methyl/N-ethyl adjacent to an activating group) is 2. The Morgan fingerprint density at radius 1 is 1.46 bits per heavy atom. The molecule has 76 valence electrons. The van der Waals surface area contributed by atoms with Gasteiger partial charge in [-0.3, -0.25) is 0 Å². The van der Waals surface area contributed by atoms with E-state index < -0.39 is 0 Å². The summed E-state index contributed by atoms with van der Waals surface area (Å²) in [6.07, 6.45) is 1.97. The van der Waals surface area contributed by atoms with Crippen LogP contribution in [0.2, 0.25) is 0 Å². The molecule has 1 aliphatic heterocycles. The van der Waals surface area contributed by atoms with Gasteiger partial charge in [0.05, 0.1) is 6.04 Å². The molecule has 0 spiro atoms. The molecule has 1 atom stereocenters. The summed E-state index contributed by atoms with van der Waals surface area (Å²) in [6.45, 7) is 8.36. The minimum absolute atomic E-state index is 0.603. The second-order valence-corrected chi connectivity index (χ2v) is 4.10. The van der Waals surface area contributed by atoms with Gasteiger partial charge in [-0.05, 0) is 27.3 Å². The van der Waals surface area contributed by atoms with Crippen LogP contribution in [0.4, 0.5) is 0 Å². The molecular weight excluding hydrogens is 162 g/mol. The molecule has 0 aromatic heterocycles. The lowest BCUT2D eigenvalue weighted by Gasteiger charge is -2.40. The zero-order chi connectivity index (χ0) is 9.84. The molecule has 0 aromatic rings. The standard InChI is InChI=1S/C10H21N3/c1-5-13-7-6-12(4)9-10(13)8-11(2)3/h5,10H,1,6-9H2,2-4H3. The van der Waals surface area contributed by atoms with E-state index in [0.717, 1.165) is 26.2 Å². The van der Waals surface area contributed by atoms with Crippen LogP contribution in [0.1, 0.15) is 0 Å². The first-order valence-corrected chi connectivity index (χ1v) is 4.85. The predicted octanol–water partition coefficient (Wildman–Crippen LogP) is 0.308. The highest BCUT2D eigenvalue weighted by molar-refractivity contribution is 4.87. The molecule has 0 amide bonds. The van der Waals surface area contributed by atoms with Crippen molar-refractivity contribution in [1.82, 2.24) is 14.7 Å². The predicted molar refractivity (Wildman–Crippen MR) is 56.7 cm³/mol. The third kappa shape index (κ3) is 3.01. The van der Waals surface area contributed by atoms with Crippen molar-refractivity contribution in [2.24, 2.45) is 0 Å². The summed E-state index contributed by atoms with van der Waals surface area (Å²) in [5, 5.41) is 0. The average molecular weight is 183 g/mol. The maximum absolute atomic E-state index is 3.86. The molecule has 13 heavy (non-hydrogen) atoms. The van der Waals surface area contributed by atoms with Crippen molar-refractivity contribution in [2.45, 2.75) is 6.04 Å². The van der Waals surface area contributed by atoms with Crippen LogP contribution in [0.3, 0.4) is 0 Å². The van der Waals surface area contributed by atoms with Crippen LogP contribution in [0.25, 0.3) is 0 Å². The Hall–Kier alpha value is -0.540. The van der Waals surface area contributed by atoms with E-state index in [4.69, 9.17) is 0 Å². The van der Waals surface area contributed by atoms with E-state index in [0.29, 0.717) is 6.04 Å². The van der Waals surface area contributed by atoms with Crippen molar-refractivity contribution in [1.29, 1.82) is 0 Å². The molecule has 0 radical (unpaired) electrons. The normalized spacial score (nSPS) is 25.2. The third-order valence-electron chi connectivity index (χ3n) is 2.54. The van der Waals surface area contributed by atoms with Gasteiger partial charge in [-0.1, -0.05) is 6.58 Å². The Morgan fingerprint density at radius 2 is 2.15 bits per heavy atom. The fraction of sp³-hybridized carbons (Fsp3) is 0.800. The molecule has 1 saturated heterocycles. The number of hydrogen-bond donors (Lipinski definition) is 0. The van der Waals surface area contributed by atoms with Crippen LogP contribution in [-0.4, -0.2) is 68.1 Å². The van der Waals surface area contributed by atoms with Crippen molar-refractivity contribution in [3.63, 3.8) is 0 Å². The monoisotopic (exact) mass is 183 g/mol. The summed E-state index contributed by atoms with van der Waals surface area (Å²) in [5.74, 6) is 0. The van der Waals surface area contributed by atoms with Gasteiger partial charge in [0.2, 0.25) is 0 Å². The average Bonchev–Trinajstić information content (AvgIpc) is 2.03. The Labute approximate surface area is 81.6 Å². The SMILES string of the molecule is C=CN1CCN(C)CC1CN(C)C. The van der Waals surface area contributed by atoms with Crippen LogP contribution in [0.5, 0.6) is 0 Å². The summed E-state index contributed by atoms with van der Waals surface area (Å²) >= 11 is 0. The van der Waals surface area contributed by atoms with Crippen molar-refractivity contribution in [3.8, 4) is 0 Å². The zero-order valence-corrected chi connectivity index (χ0v) is 9.03. The molecule has 0 saturated carbocycles. The Balaban J connectivity index is 2.49. The summed E-state index contributed by atoms with van der Waals surface area (Å²) in [6, 6.07) is 0.603. The van der Waals surface area contributed by atoms with Gasteiger partial charge in [0, 0.05) is 26.2 Å². The van der Waals surface area contributed by atoms with E-state index in [-0.39, 0.29) is 0 Å². The van der Waals surface area contributed by atoms with Crippen molar-refractivity contribution < 1.29 is 0 Å². The van der Waals surface area contributed by atoms with Crippen molar-refractivity contribution in [3.05, 3.63) is 12.8 Å². The van der Waals surface area contributed by atoms with Crippen LogP contribution in [0, 0.1) is 0 Å². The van der Waals surface area contributed by atoms with Gasteiger partial charge in [-0.2, -0.15) is 0 Å². The Bertz CT molecular complexity index is 166. The molecule has 0 aromatic carbocycles. The van der Waals surface area contributed by atoms with Gasteiger partial charge in [-0.15, -0.1) is 0 Å². The molecule has 0 bridgehead atoms. The lowest BCUT2D eigenvalue weighted by molar-refractivity contribution is 0.112. The number of nitrogens with zero attached hydrogens (tertiary/aromatic N) is 3. The highest BCUT2D eigenvalue weighted by Crippen LogP contribution is 2.08. The molecule has 1 aliphatic rings. The first-order chi connectivity index (χ1) is 6.13. The lowest BCUT2D eigenvalue weighted by Crippen LogP contribution is -2.53. The maximum Gasteiger partial charge on any atom is 0.0538 e. The first-order valence-electron chi connectivity index (χ1n) is 4.85. The molecule has 0 N–H and O–H groups in total. The smallest absolute Gasteiger partial charge is 0.0538 e. The number of hydrogen-bond acceptors (Lipinski definition) is 3. The highest BCUT2D eigenvalue weighted by Gasteiger charge is 2.22. The van der Waals surface area contributed by atoms with Crippen molar-refractivity contribution >= 4 is 0 Å². The minimum atomic E-state index is 0.603. The molecule has 1 heterocycles. The second-order valence-electron chi connectivity index (χ2n) is 4.10. The van der Waals surface area contributed by atoms with E-state index in [9.17, 15) is 0 Å². The van der Waals surface area contributed by atoms with Gasteiger partial charge in [0.25, 0.3) is 0 Å². The molecule has 1 unspecified atom stereocenters. The summed E-state index contributed by atoms with van der Waals surface area (Å²) < 4.78 is 0. The zero-order valence-electron chi connectivity index (χ0n) is 9.03. The van der Waals surface area contributed by atoms with Crippen LogP contribution < -0.4 is 0 Å². The van der Waals surface area contributed by atoms with Gasteiger partial charge >= 0.3 is 0 Å². The van der Waals surface area contributed by atoms with Crippen LogP contribution in [-0.2, 0) is 0 Å². The van der Waals surface area contributed by atoms with E-state index in [2.05, 4.69) is 42.4 Å². The van der Waals surface area contributed by atoms with Gasteiger partial charge in [0.15, 0.2) is 0 Å². The third-order valence-corrected chi connectivity index (χ3v) is 2.54. The van der Waals surface area contributed by atoms with Crippen LogP contribution >= 0.6 is 0 Å². The molecule has 1 rings (SSSR count). The number of piperazine rings is 1. The van der Waals surface area contributed by atoms with E-state index in [1.165, 1.54) is 0 Å². The summed E-state index contributed by atoms with van der Waals surface area (Å²) in [4.78, 5) is 6.97. The van der Waals surface area contributed by atoms with Gasteiger partial charge < -0.3 is 14.7 Å². The quantitative estimate of drug-likeness (QED) is 0.623. The molecule has 3 nitrogen and oxygen atoms in total. The molecule has 0 aliphatic carbocycles. The van der Waals surface area contributed by atoms with Crippen LogP contribution in [0.15, 0.2) is 12.8 Å². The van der Waals surface area contributed by atoms with Gasteiger partial charge in [-0.25, -0.2) is 0 Å². The summed E-state index contributed by atoms with van der Waals surface area (Å²) in [5.41, 5.74) is 0. The van der Waals surface area contributed by atoms with E-state index in [1.54, 1.807) is 0 Å². The van der Waals surface area contributed by atoms with Gasteiger partial charge in [0.1, 0.15) is 0 Å². The molecule has 3 heteroatoms. The van der Waals surface area contributed by atoms with E-state index in [1.807, 2.05) is 6.20 Å². The largest absolute Gasteiger partial charge is 0.371 e. The summed E-state index contributed by atoms with van der Waals surface area (Å²) in [7, 11) is 6.43. The molecule has 1 fully saturated rings. The Kier molecular flexibility index (Phi) is 3.75. The fourth-order valence-corrected chi connectivity index (χ4v) is 1.85. The topological polar surface area (TPSA) is 9.72 Å².